The molecule has 0 saturated heterocycles. The fourth-order valence-electron chi connectivity index (χ4n) is 3.30. The van der Waals surface area contributed by atoms with Crippen molar-refractivity contribution >= 4 is 21.7 Å². The lowest BCUT2D eigenvalue weighted by molar-refractivity contribution is 0.626. The molecule has 4 aromatic rings. The molecule has 4 nitrogen and oxygen atoms in total. The van der Waals surface area contributed by atoms with Crippen LogP contribution in [0.15, 0.2) is 78.4 Å². The minimum absolute atomic E-state index is 0.0745. The summed E-state index contributed by atoms with van der Waals surface area (Å²) >= 11 is 0. The van der Waals surface area contributed by atoms with Crippen molar-refractivity contribution in [2.45, 2.75) is 12.7 Å². The van der Waals surface area contributed by atoms with Crippen molar-refractivity contribution in [2.24, 2.45) is 5.73 Å². The number of hydrogen-bond donors (Lipinski definition) is 1. The second kappa shape index (κ2) is 6.28. The van der Waals surface area contributed by atoms with Gasteiger partial charge in [-0.3, -0.25) is 4.79 Å². The van der Waals surface area contributed by atoms with Crippen molar-refractivity contribution < 1.29 is 4.39 Å². The van der Waals surface area contributed by atoms with Gasteiger partial charge in [-0.2, -0.15) is 0 Å². The minimum atomic E-state index is -0.316. The van der Waals surface area contributed by atoms with Gasteiger partial charge in [-0.15, -0.1) is 0 Å². The van der Waals surface area contributed by atoms with E-state index in [2.05, 4.69) is 6.58 Å². The number of pyridine rings is 1. The summed E-state index contributed by atoms with van der Waals surface area (Å²) in [5.41, 5.74) is 7.81. The Kier molecular flexibility index (Phi) is 3.93. The van der Waals surface area contributed by atoms with E-state index in [0.717, 1.165) is 21.9 Å². The van der Waals surface area contributed by atoms with Crippen LogP contribution >= 0.6 is 0 Å². The van der Waals surface area contributed by atoms with Crippen molar-refractivity contribution in [3.05, 3.63) is 95.3 Å². The van der Waals surface area contributed by atoms with E-state index in [1.807, 2.05) is 35.0 Å². The lowest BCUT2D eigenvalue weighted by Crippen LogP contribution is -2.20. The summed E-state index contributed by atoms with van der Waals surface area (Å²) in [7, 11) is 0. The molecule has 5 heteroatoms. The van der Waals surface area contributed by atoms with E-state index < -0.39 is 0 Å². The van der Waals surface area contributed by atoms with E-state index >= 15 is 0 Å². The maximum atomic E-state index is 13.1. The summed E-state index contributed by atoms with van der Waals surface area (Å²) < 4.78 is 16.6. The monoisotopic (exact) mass is 347 g/mol. The molecule has 0 aliphatic rings. The highest BCUT2D eigenvalue weighted by atomic mass is 19.1. The van der Waals surface area contributed by atoms with Crippen LogP contribution < -0.4 is 11.3 Å². The Labute approximate surface area is 149 Å². The maximum Gasteiger partial charge on any atom is 0.258 e. The first-order valence-electron chi connectivity index (χ1n) is 8.34. The summed E-state index contributed by atoms with van der Waals surface area (Å²) in [6.07, 6.45) is 5.03. The molecule has 2 heterocycles. The molecule has 0 aliphatic carbocycles. The molecule has 26 heavy (non-hydrogen) atoms. The zero-order valence-electron chi connectivity index (χ0n) is 14.1. The van der Waals surface area contributed by atoms with Crippen molar-refractivity contribution in [2.75, 3.05) is 0 Å². The van der Waals surface area contributed by atoms with Crippen LogP contribution in [0, 0.1) is 5.82 Å². The van der Waals surface area contributed by atoms with E-state index in [9.17, 15) is 9.18 Å². The molecular weight excluding hydrogens is 329 g/mol. The Morgan fingerprint density at radius 3 is 2.46 bits per heavy atom. The fraction of sp³-hybridized carbons (Fsp3) is 0.0952. The van der Waals surface area contributed by atoms with Gasteiger partial charge in [0.05, 0.1) is 12.1 Å². The Bertz CT molecular complexity index is 1170. The van der Waals surface area contributed by atoms with E-state index in [-0.39, 0.29) is 17.5 Å². The van der Waals surface area contributed by atoms with Gasteiger partial charge >= 0.3 is 0 Å². The fourth-order valence-corrected chi connectivity index (χ4v) is 3.30. The molecule has 0 saturated carbocycles. The average Bonchev–Trinajstić information content (AvgIpc) is 3.09. The van der Waals surface area contributed by atoms with Crippen LogP contribution in [0.25, 0.3) is 21.7 Å². The van der Waals surface area contributed by atoms with Gasteiger partial charge in [-0.05, 0) is 47.3 Å². The Morgan fingerprint density at radius 1 is 1.00 bits per heavy atom. The Hall–Kier alpha value is -3.18. The number of nitrogens with two attached hydrogens (primary N) is 1. The SMILES string of the molecule is C=CC(N)n1ccc2c3ccn(Cc4ccc(F)cc4)c(=O)c3ccc21. The molecule has 1 atom stereocenters. The van der Waals surface area contributed by atoms with Gasteiger partial charge in [-0.25, -0.2) is 4.39 Å². The lowest BCUT2D eigenvalue weighted by Gasteiger charge is -2.12. The zero-order valence-corrected chi connectivity index (χ0v) is 14.1. The Balaban J connectivity index is 1.83. The van der Waals surface area contributed by atoms with Crippen LogP contribution in [-0.2, 0) is 6.54 Å². The number of aromatic nitrogens is 2. The molecule has 2 N–H and O–H groups in total. The van der Waals surface area contributed by atoms with Crippen LogP contribution in [0.2, 0.25) is 0 Å². The van der Waals surface area contributed by atoms with Gasteiger partial charge in [0.1, 0.15) is 12.0 Å². The van der Waals surface area contributed by atoms with Crippen LogP contribution in [0.4, 0.5) is 4.39 Å². The van der Waals surface area contributed by atoms with Gasteiger partial charge in [0.15, 0.2) is 0 Å². The molecule has 2 aromatic carbocycles. The topological polar surface area (TPSA) is 52.9 Å². The van der Waals surface area contributed by atoms with Crippen LogP contribution in [0.5, 0.6) is 0 Å². The molecule has 0 spiro atoms. The predicted octanol–water partition coefficient (Wildman–Crippen LogP) is 3.79. The van der Waals surface area contributed by atoms with Gasteiger partial charge in [0, 0.05) is 23.2 Å². The first kappa shape index (κ1) is 16.3. The summed E-state index contributed by atoms with van der Waals surface area (Å²) in [4.78, 5) is 12.9. The highest BCUT2D eigenvalue weighted by molar-refractivity contribution is 6.06. The van der Waals surface area contributed by atoms with Gasteiger partial charge in [0.2, 0.25) is 0 Å². The van der Waals surface area contributed by atoms with E-state index in [1.165, 1.54) is 12.1 Å². The first-order valence-corrected chi connectivity index (χ1v) is 8.34. The van der Waals surface area contributed by atoms with Crippen LogP contribution in [-0.4, -0.2) is 9.13 Å². The Morgan fingerprint density at radius 2 is 1.73 bits per heavy atom. The van der Waals surface area contributed by atoms with Gasteiger partial charge in [0.25, 0.3) is 5.56 Å². The largest absolute Gasteiger partial charge is 0.328 e. The zero-order chi connectivity index (χ0) is 18.3. The molecule has 0 fully saturated rings. The number of rotatable bonds is 4. The molecule has 0 aliphatic heterocycles. The van der Waals surface area contributed by atoms with Crippen molar-refractivity contribution in [1.29, 1.82) is 0 Å². The molecule has 0 radical (unpaired) electrons. The minimum Gasteiger partial charge on any atom is -0.328 e. The molecule has 0 amide bonds. The van der Waals surface area contributed by atoms with E-state index in [0.29, 0.717) is 11.9 Å². The van der Waals surface area contributed by atoms with Gasteiger partial charge in [-0.1, -0.05) is 24.8 Å². The highest BCUT2D eigenvalue weighted by Gasteiger charge is 2.11. The van der Waals surface area contributed by atoms with Crippen molar-refractivity contribution in [3.63, 3.8) is 0 Å². The van der Waals surface area contributed by atoms with Crippen LogP contribution in [0.3, 0.4) is 0 Å². The lowest BCUT2D eigenvalue weighted by atomic mass is 10.1. The third-order valence-corrected chi connectivity index (χ3v) is 4.69. The normalized spacial score (nSPS) is 12.5. The predicted molar refractivity (Wildman–Crippen MR) is 103 cm³/mol. The summed E-state index contributed by atoms with van der Waals surface area (Å²) in [6.45, 7) is 4.13. The molecule has 2 aromatic heterocycles. The summed E-state index contributed by atoms with van der Waals surface area (Å²) in [5.74, 6) is -0.288. The molecule has 130 valence electrons. The number of halogens is 1. The first-order chi connectivity index (χ1) is 12.6. The van der Waals surface area contributed by atoms with E-state index in [4.69, 9.17) is 5.73 Å². The average molecular weight is 347 g/mol. The number of hydrogen-bond acceptors (Lipinski definition) is 2. The smallest absolute Gasteiger partial charge is 0.258 e. The quantitative estimate of drug-likeness (QED) is 0.571. The number of nitrogens with zero attached hydrogens (tertiary/aromatic N) is 2. The third-order valence-electron chi connectivity index (χ3n) is 4.69. The number of fused-ring (bicyclic) bond motifs is 3. The second-order valence-electron chi connectivity index (χ2n) is 6.28. The number of benzene rings is 2. The van der Waals surface area contributed by atoms with Crippen LogP contribution in [0.1, 0.15) is 11.7 Å². The maximum absolute atomic E-state index is 13.1. The van der Waals surface area contributed by atoms with Crippen molar-refractivity contribution in [1.82, 2.24) is 9.13 Å². The highest BCUT2D eigenvalue weighted by Crippen LogP contribution is 2.26. The molecular formula is C21H18FN3O. The summed E-state index contributed by atoms with van der Waals surface area (Å²) in [5, 5.41) is 2.51. The van der Waals surface area contributed by atoms with Gasteiger partial charge < -0.3 is 14.9 Å². The van der Waals surface area contributed by atoms with E-state index in [1.54, 1.807) is 29.0 Å². The molecule has 4 rings (SSSR count). The van der Waals surface area contributed by atoms with Crippen molar-refractivity contribution in [3.8, 4) is 0 Å². The molecule has 1 unspecified atom stereocenters. The standard InChI is InChI=1S/C21H18FN3O/c1-2-20(23)25-12-10-17-16-9-11-24(13-14-3-5-15(22)6-4-14)21(26)18(16)7-8-19(17)25/h2-12,20H,1,13,23H2. The summed E-state index contributed by atoms with van der Waals surface area (Å²) in [6, 6.07) is 13.8. The second-order valence-corrected chi connectivity index (χ2v) is 6.28. The molecule has 0 bridgehead atoms. The third kappa shape index (κ3) is 2.62.